The van der Waals surface area contributed by atoms with Crippen LogP contribution in [-0.2, 0) is 28.8 Å². The maximum absolute atomic E-state index is 13.0. The van der Waals surface area contributed by atoms with Gasteiger partial charge in [0.25, 0.3) is 0 Å². The molecule has 254 valence electrons. The number of carboxylic acids is 1. The minimum Gasteiger partial charge on any atom is -0.480 e. The van der Waals surface area contributed by atoms with Crippen LogP contribution in [0.15, 0.2) is 0 Å². The van der Waals surface area contributed by atoms with Crippen molar-refractivity contribution in [2.45, 2.75) is 116 Å². The first-order valence-corrected chi connectivity index (χ1v) is 15.6. The molecule has 0 saturated carbocycles. The molecule has 44 heavy (non-hydrogen) atoms. The first-order valence-electron chi connectivity index (χ1n) is 15.6. The van der Waals surface area contributed by atoms with Gasteiger partial charge in [0.1, 0.15) is 24.2 Å². The Hall–Kier alpha value is -3.30. The van der Waals surface area contributed by atoms with Crippen molar-refractivity contribution in [1.82, 2.24) is 26.6 Å². The first-order chi connectivity index (χ1) is 20.7. The van der Waals surface area contributed by atoms with E-state index in [0.29, 0.717) is 51.6 Å². The monoisotopic (exact) mass is 628 g/mol. The van der Waals surface area contributed by atoms with E-state index < -0.39 is 72.3 Å². The molecule has 15 nitrogen and oxygen atoms in total. The summed E-state index contributed by atoms with van der Waals surface area (Å²) in [5, 5.41) is 22.3. The van der Waals surface area contributed by atoms with Crippen LogP contribution in [0.3, 0.4) is 0 Å². The van der Waals surface area contributed by atoms with E-state index in [-0.39, 0.29) is 18.3 Å². The van der Waals surface area contributed by atoms with Crippen molar-refractivity contribution in [2.75, 3.05) is 19.6 Å². The highest BCUT2D eigenvalue weighted by Gasteiger charge is 2.31. The molecule has 5 amide bonds. The molecule has 12 N–H and O–H groups in total. The molecule has 0 aromatic rings. The maximum Gasteiger partial charge on any atom is 0.326 e. The third kappa shape index (κ3) is 15.4. The molecule has 15 heteroatoms. The fourth-order valence-corrected chi connectivity index (χ4v) is 4.23. The lowest BCUT2D eigenvalue weighted by Gasteiger charge is -2.26. The van der Waals surface area contributed by atoms with Gasteiger partial charge in [-0.2, -0.15) is 0 Å². The Morgan fingerprint density at radius 2 is 1.18 bits per heavy atom. The van der Waals surface area contributed by atoms with Crippen LogP contribution in [0, 0.1) is 11.8 Å². The normalized spacial score (nSPS) is 15.8. The van der Waals surface area contributed by atoms with Crippen molar-refractivity contribution < 1.29 is 33.9 Å². The quantitative estimate of drug-likeness (QED) is 0.0612. The van der Waals surface area contributed by atoms with Gasteiger partial charge < -0.3 is 48.9 Å². The van der Waals surface area contributed by atoms with Gasteiger partial charge in [0.05, 0.1) is 12.6 Å². The van der Waals surface area contributed by atoms with Crippen molar-refractivity contribution in [2.24, 2.45) is 29.0 Å². The first kappa shape index (κ1) is 40.7. The maximum atomic E-state index is 13.0. The molecule has 0 radical (unpaired) electrons. The number of nitrogens with one attached hydrogen (secondary N) is 5. The summed E-state index contributed by atoms with van der Waals surface area (Å²) < 4.78 is 0. The third-order valence-electron chi connectivity index (χ3n) is 7.65. The Morgan fingerprint density at radius 3 is 1.70 bits per heavy atom. The highest BCUT2D eigenvalue weighted by molar-refractivity contribution is 5.95. The zero-order valence-electron chi connectivity index (χ0n) is 26.9. The van der Waals surface area contributed by atoms with Crippen molar-refractivity contribution in [3.8, 4) is 0 Å². The van der Waals surface area contributed by atoms with Gasteiger partial charge in [-0.3, -0.25) is 24.0 Å². The van der Waals surface area contributed by atoms with Gasteiger partial charge in [-0.15, -0.1) is 0 Å². The molecule has 0 heterocycles. The fourth-order valence-electron chi connectivity index (χ4n) is 4.23. The summed E-state index contributed by atoms with van der Waals surface area (Å²) in [6, 6.07) is -4.96. The highest BCUT2D eigenvalue weighted by atomic mass is 16.4. The Labute approximate surface area is 260 Å². The highest BCUT2D eigenvalue weighted by Crippen LogP contribution is 2.11. The Balaban J connectivity index is 5.22. The molecule has 0 saturated heterocycles. The molecule has 0 aromatic heterocycles. The number of unbranched alkanes of at least 4 members (excludes halogenated alkanes) is 2. The van der Waals surface area contributed by atoms with E-state index in [9.17, 15) is 33.9 Å². The topological polar surface area (TPSA) is 261 Å². The molecule has 0 bridgehead atoms. The molecular formula is C29H56N8O7. The number of carboxylic acid groups (broad SMARTS) is 1. The SMILES string of the molecule is CC[C@H](C)[C@H](NC(=O)[C@H](CCCCN)NC(=O)[C@H](C)NC(=O)CNC(=O)[C@@H](NC(=O)[C@@H](N)CCCCN)[C@@H](C)CC)C(=O)O. The van der Waals surface area contributed by atoms with Crippen LogP contribution < -0.4 is 43.8 Å². The number of carbonyl (C=O) groups excluding carboxylic acids is 5. The van der Waals surface area contributed by atoms with Crippen molar-refractivity contribution >= 4 is 35.5 Å². The van der Waals surface area contributed by atoms with Crippen LogP contribution in [0.4, 0.5) is 0 Å². The predicted molar refractivity (Wildman–Crippen MR) is 167 cm³/mol. The van der Waals surface area contributed by atoms with Crippen LogP contribution in [0.2, 0.25) is 0 Å². The van der Waals surface area contributed by atoms with E-state index in [1.807, 2.05) is 13.8 Å². The summed E-state index contributed by atoms with van der Waals surface area (Å²) in [6.07, 6.45) is 4.26. The molecule has 0 aliphatic carbocycles. The average Bonchev–Trinajstić information content (AvgIpc) is 2.99. The molecule has 0 fully saturated rings. The second kappa shape index (κ2) is 22.2. The minimum absolute atomic E-state index is 0.220. The van der Waals surface area contributed by atoms with E-state index in [2.05, 4.69) is 26.6 Å². The second-order valence-corrected chi connectivity index (χ2v) is 11.3. The second-order valence-electron chi connectivity index (χ2n) is 11.3. The fraction of sp³-hybridized carbons (Fsp3) is 0.793. The van der Waals surface area contributed by atoms with Crippen LogP contribution in [0.25, 0.3) is 0 Å². The molecule has 0 unspecified atom stereocenters. The lowest BCUT2D eigenvalue weighted by Crippen LogP contribution is -2.57. The van der Waals surface area contributed by atoms with Gasteiger partial charge in [-0.05, 0) is 64.0 Å². The Morgan fingerprint density at radius 1 is 0.659 bits per heavy atom. The minimum atomic E-state index is -1.18. The van der Waals surface area contributed by atoms with Crippen LogP contribution in [-0.4, -0.2) is 90.5 Å². The van der Waals surface area contributed by atoms with Crippen molar-refractivity contribution in [3.05, 3.63) is 0 Å². The summed E-state index contributed by atoms with van der Waals surface area (Å²) in [6.45, 7) is 8.99. The standard InChI is InChI=1S/C29H56N8O7/c1-6-17(3)23(36-26(40)20(32)12-8-10-14-30)28(42)33-16-22(38)34-19(5)25(39)35-21(13-9-11-15-31)27(41)37-24(29(43)44)18(4)7-2/h17-21,23-24H,6-16,30-32H2,1-5H3,(H,33,42)(H,34,38)(H,35,39)(H,36,40)(H,37,41)(H,43,44)/t17-,18-,19-,20-,21-,23-,24-/m0/s1. The number of aliphatic carboxylic acids is 1. The van der Waals surface area contributed by atoms with Crippen LogP contribution in [0.5, 0.6) is 0 Å². The summed E-state index contributed by atoms with van der Waals surface area (Å²) in [4.78, 5) is 75.6. The van der Waals surface area contributed by atoms with Crippen molar-refractivity contribution in [3.63, 3.8) is 0 Å². The summed E-state index contributed by atoms with van der Waals surface area (Å²) in [5.74, 6) is -4.78. The lowest BCUT2D eigenvalue weighted by atomic mass is 9.97. The van der Waals surface area contributed by atoms with Gasteiger partial charge in [-0.25, -0.2) is 4.79 Å². The van der Waals surface area contributed by atoms with Gasteiger partial charge in [-0.1, -0.05) is 47.0 Å². The molecule has 7 atom stereocenters. The summed E-state index contributed by atoms with van der Waals surface area (Å²) in [7, 11) is 0. The third-order valence-corrected chi connectivity index (χ3v) is 7.65. The van der Waals surface area contributed by atoms with E-state index in [0.717, 1.165) is 6.42 Å². The largest absolute Gasteiger partial charge is 0.480 e. The zero-order valence-corrected chi connectivity index (χ0v) is 26.9. The number of carbonyl (C=O) groups is 6. The van der Waals surface area contributed by atoms with E-state index in [1.165, 1.54) is 6.92 Å². The molecule has 0 aliphatic heterocycles. The molecule has 0 spiro atoms. The van der Waals surface area contributed by atoms with Gasteiger partial charge in [0.2, 0.25) is 29.5 Å². The Bertz CT molecular complexity index is 935. The summed E-state index contributed by atoms with van der Waals surface area (Å²) in [5.41, 5.74) is 17.0. The molecule has 0 aliphatic rings. The number of nitrogens with two attached hydrogens (primary N) is 3. The number of hydrogen-bond acceptors (Lipinski definition) is 9. The average molecular weight is 629 g/mol. The number of rotatable bonds is 23. The number of amides is 5. The van der Waals surface area contributed by atoms with Gasteiger partial charge in [0, 0.05) is 0 Å². The molecule has 0 rings (SSSR count). The van der Waals surface area contributed by atoms with E-state index in [4.69, 9.17) is 17.2 Å². The van der Waals surface area contributed by atoms with Crippen LogP contribution in [0.1, 0.15) is 86.0 Å². The summed E-state index contributed by atoms with van der Waals surface area (Å²) >= 11 is 0. The number of hydrogen-bond donors (Lipinski definition) is 9. The van der Waals surface area contributed by atoms with Gasteiger partial charge >= 0.3 is 5.97 Å². The van der Waals surface area contributed by atoms with Gasteiger partial charge in [0.15, 0.2) is 0 Å². The zero-order chi connectivity index (χ0) is 33.8. The molecular weight excluding hydrogens is 572 g/mol. The van der Waals surface area contributed by atoms with E-state index in [1.54, 1.807) is 13.8 Å². The smallest absolute Gasteiger partial charge is 0.326 e. The lowest BCUT2D eigenvalue weighted by molar-refractivity contribution is -0.144. The van der Waals surface area contributed by atoms with E-state index >= 15 is 0 Å². The van der Waals surface area contributed by atoms with Crippen molar-refractivity contribution in [1.29, 1.82) is 0 Å². The van der Waals surface area contributed by atoms with Crippen LogP contribution >= 0.6 is 0 Å². The molecule has 0 aromatic carbocycles. The predicted octanol–water partition coefficient (Wildman–Crippen LogP) is -1.18. The Kier molecular flexibility index (Phi) is 20.6.